The Balaban J connectivity index is 1.64. The third-order valence-corrected chi connectivity index (χ3v) is 5.24. The Morgan fingerprint density at radius 1 is 0.767 bits per heavy atom. The molecule has 0 amide bonds. The van der Waals surface area contributed by atoms with Crippen LogP contribution < -0.4 is 4.74 Å². The lowest BCUT2D eigenvalue weighted by Gasteiger charge is -2.06. The third-order valence-electron chi connectivity index (χ3n) is 5.24. The first-order chi connectivity index (χ1) is 14.7. The van der Waals surface area contributed by atoms with Gasteiger partial charge in [-0.25, -0.2) is 4.39 Å². The lowest BCUT2D eigenvalue weighted by Crippen LogP contribution is -1.89. The van der Waals surface area contributed by atoms with Gasteiger partial charge in [0.25, 0.3) is 0 Å². The summed E-state index contributed by atoms with van der Waals surface area (Å²) in [7, 11) is 1.63. The molecule has 154 valence electrons. The van der Waals surface area contributed by atoms with E-state index in [2.05, 4.69) is 30.9 Å². The predicted molar refractivity (Wildman–Crippen MR) is 123 cm³/mol. The molecule has 30 heavy (non-hydrogen) atoms. The smallest absolute Gasteiger partial charge is 0.132 e. The van der Waals surface area contributed by atoms with Gasteiger partial charge < -0.3 is 4.74 Å². The second kappa shape index (κ2) is 11.2. The zero-order valence-corrected chi connectivity index (χ0v) is 17.9. The Labute approximate surface area is 179 Å². The van der Waals surface area contributed by atoms with Crippen LogP contribution in [0.15, 0.2) is 66.7 Å². The summed E-state index contributed by atoms with van der Waals surface area (Å²) in [5.41, 5.74) is 4.36. The van der Waals surface area contributed by atoms with Gasteiger partial charge in [0.05, 0.1) is 7.11 Å². The summed E-state index contributed by atoms with van der Waals surface area (Å²) in [5, 5.41) is 0. The van der Waals surface area contributed by atoms with E-state index in [-0.39, 0.29) is 5.82 Å². The minimum atomic E-state index is -0.246. The maximum Gasteiger partial charge on any atom is 0.132 e. The molecule has 0 unspecified atom stereocenters. The van der Waals surface area contributed by atoms with Crippen LogP contribution in [-0.2, 0) is 6.42 Å². The highest BCUT2D eigenvalue weighted by molar-refractivity contribution is 5.65. The maximum absolute atomic E-state index is 14.7. The lowest BCUT2D eigenvalue weighted by molar-refractivity contribution is 0.415. The highest BCUT2D eigenvalue weighted by Gasteiger charge is 2.06. The molecule has 0 aromatic heterocycles. The molecular weight excluding hydrogens is 371 g/mol. The van der Waals surface area contributed by atoms with Crippen LogP contribution in [-0.4, -0.2) is 7.11 Å². The molecule has 0 atom stereocenters. The number of ether oxygens (including phenoxy) is 1. The quantitative estimate of drug-likeness (QED) is 0.282. The SMILES string of the molecule is CCCCCCCc1ccc(-c2ccc(C#Cc3ccc(OC)cc3)cc2F)cc1. The molecule has 0 bridgehead atoms. The van der Waals surface area contributed by atoms with Crippen molar-refractivity contribution in [3.8, 4) is 28.7 Å². The fraction of sp³-hybridized carbons (Fsp3) is 0.286. The van der Waals surface area contributed by atoms with Crippen LogP contribution in [0.1, 0.15) is 55.7 Å². The highest BCUT2D eigenvalue weighted by Crippen LogP contribution is 2.24. The van der Waals surface area contributed by atoms with E-state index < -0.39 is 0 Å². The topological polar surface area (TPSA) is 9.23 Å². The monoisotopic (exact) mass is 400 g/mol. The van der Waals surface area contributed by atoms with Gasteiger partial charge in [0.15, 0.2) is 0 Å². The third kappa shape index (κ3) is 6.22. The van der Waals surface area contributed by atoms with Gasteiger partial charge in [0, 0.05) is 16.7 Å². The fourth-order valence-electron chi connectivity index (χ4n) is 3.43. The van der Waals surface area contributed by atoms with Crippen LogP contribution in [0.4, 0.5) is 4.39 Å². The zero-order valence-electron chi connectivity index (χ0n) is 17.9. The van der Waals surface area contributed by atoms with E-state index in [9.17, 15) is 4.39 Å². The van der Waals surface area contributed by atoms with Crippen molar-refractivity contribution in [2.24, 2.45) is 0 Å². The summed E-state index contributed by atoms with van der Waals surface area (Å²) in [4.78, 5) is 0. The second-order valence-corrected chi connectivity index (χ2v) is 7.53. The average Bonchev–Trinajstić information content (AvgIpc) is 2.78. The van der Waals surface area contributed by atoms with Gasteiger partial charge in [-0.1, -0.05) is 74.8 Å². The number of benzene rings is 3. The first-order valence-electron chi connectivity index (χ1n) is 10.7. The molecule has 0 N–H and O–H groups in total. The van der Waals surface area contributed by atoms with Gasteiger partial charge >= 0.3 is 0 Å². The number of halogens is 1. The van der Waals surface area contributed by atoms with Crippen molar-refractivity contribution >= 4 is 0 Å². The molecule has 1 nitrogen and oxygen atoms in total. The van der Waals surface area contributed by atoms with Crippen LogP contribution in [0.3, 0.4) is 0 Å². The highest BCUT2D eigenvalue weighted by atomic mass is 19.1. The molecule has 0 spiro atoms. The van der Waals surface area contributed by atoms with Crippen LogP contribution in [0.5, 0.6) is 5.75 Å². The zero-order chi connectivity index (χ0) is 21.2. The van der Waals surface area contributed by atoms with Crippen LogP contribution in [0.2, 0.25) is 0 Å². The molecule has 0 aliphatic heterocycles. The van der Waals surface area contributed by atoms with Gasteiger partial charge in [-0.05, 0) is 60.4 Å². The Hall–Kier alpha value is -3.05. The normalized spacial score (nSPS) is 10.4. The number of hydrogen-bond acceptors (Lipinski definition) is 1. The molecule has 0 heterocycles. The molecule has 3 aromatic carbocycles. The van der Waals surface area contributed by atoms with E-state index in [1.807, 2.05) is 48.5 Å². The van der Waals surface area contributed by atoms with Crippen molar-refractivity contribution in [1.29, 1.82) is 0 Å². The number of hydrogen-bond donors (Lipinski definition) is 0. The van der Waals surface area contributed by atoms with E-state index in [0.29, 0.717) is 11.1 Å². The summed E-state index contributed by atoms with van der Waals surface area (Å²) in [6.07, 6.45) is 7.49. The molecule has 3 rings (SSSR count). The van der Waals surface area contributed by atoms with Crippen molar-refractivity contribution in [2.75, 3.05) is 7.11 Å². The standard InChI is InChI=1S/C28H29FO/c1-3-4-5-6-7-8-22-11-16-25(17-12-22)27-20-15-24(21-28(27)29)10-9-23-13-18-26(30-2)19-14-23/h11-21H,3-8H2,1-2H3. The van der Waals surface area contributed by atoms with E-state index in [4.69, 9.17) is 4.74 Å². The molecule has 0 fully saturated rings. The lowest BCUT2D eigenvalue weighted by atomic mass is 9.99. The Morgan fingerprint density at radius 3 is 2.10 bits per heavy atom. The Morgan fingerprint density at radius 2 is 1.43 bits per heavy atom. The Bertz CT molecular complexity index is 992. The first kappa shape index (κ1) is 21.7. The van der Waals surface area contributed by atoms with Crippen molar-refractivity contribution in [1.82, 2.24) is 0 Å². The average molecular weight is 401 g/mol. The van der Waals surface area contributed by atoms with Crippen molar-refractivity contribution < 1.29 is 9.13 Å². The minimum Gasteiger partial charge on any atom is -0.497 e. The number of unbranched alkanes of at least 4 members (excludes halogenated alkanes) is 4. The van der Waals surface area contributed by atoms with Crippen LogP contribution in [0, 0.1) is 17.7 Å². The van der Waals surface area contributed by atoms with Gasteiger partial charge in [-0.2, -0.15) is 0 Å². The van der Waals surface area contributed by atoms with Gasteiger partial charge in [0.1, 0.15) is 11.6 Å². The number of aryl methyl sites for hydroxylation is 1. The van der Waals surface area contributed by atoms with E-state index in [1.54, 1.807) is 7.11 Å². The van der Waals surface area contributed by atoms with E-state index >= 15 is 0 Å². The molecule has 2 heteroatoms. The molecule has 0 saturated heterocycles. The van der Waals surface area contributed by atoms with E-state index in [1.165, 1.54) is 43.7 Å². The van der Waals surface area contributed by atoms with Crippen LogP contribution in [0.25, 0.3) is 11.1 Å². The van der Waals surface area contributed by atoms with Gasteiger partial charge in [-0.15, -0.1) is 0 Å². The summed E-state index contributed by atoms with van der Waals surface area (Å²) in [6.45, 7) is 2.23. The second-order valence-electron chi connectivity index (χ2n) is 7.53. The van der Waals surface area contributed by atoms with Crippen molar-refractivity contribution in [3.63, 3.8) is 0 Å². The Kier molecular flexibility index (Phi) is 8.10. The van der Waals surface area contributed by atoms with Crippen molar-refractivity contribution in [3.05, 3.63) is 89.2 Å². The molecule has 0 radical (unpaired) electrons. The van der Waals surface area contributed by atoms with Gasteiger partial charge in [-0.3, -0.25) is 0 Å². The first-order valence-corrected chi connectivity index (χ1v) is 10.7. The molecule has 0 aliphatic rings. The molecule has 3 aromatic rings. The minimum absolute atomic E-state index is 0.246. The summed E-state index contributed by atoms with van der Waals surface area (Å²) < 4.78 is 19.8. The van der Waals surface area contributed by atoms with E-state index in [0.717, 1.165) is 23.3 Å². The molecular formula is C28H29FO. The maximum atomic E-state index is 14.7. The summed E-state index contributed by atoms with van der Waals surface area (Å²) in [5.74, 6) is 6.64. The molecule has 0 aliphatic carbocycles. The predicted octanol–water partition coefficient (Wildman–Crippen LogP) is 7.41. The summed E-state index contributed by atoms with van der Waals surface area (Å²) in [6, 6.07) is 21.0. The van der Waals surface area contributed by atoms with Gasteiger partial charge in [0.2, 0.25) is 0 Å². The molecule has 0 saturated carbocycles. The fourth-order valence-corrected chi connectivity index (χ4v) is 3.43. The van der Waals surface area contributed by atoms with Crippen LogP contribution >= 0.6 is 0 Å². The van der Waals surface area contributed by atoms with Crippen molar-refractivity contribution in [2.45, 2.75) is 45.4 Å². The number of rotatable bonds is 8. The summed E-state index contributed by atoms with van der Waals surface area (Å²) >= 11 is 0. The largest absolute Gasteiger partial charge is 0.497 e. The number of methoxy groups -OCH3 is 1.